The van der Waals surface area contributed by atoms with Crippen molar-refractivity contribution in [1.82, 2.24) is 4.90 Å². The van der Waals surface area contributed by atoms with Crippen LogP contribution < -0.4 is 5.32 Å². The minimum Gasteiger partial charge on any atom is -0.371 e. The Morgan fingerprint density at radius 2 is 1.85 bits per heavy atom. The van der Waals surface area contributed by atoms with Gasteiger partial charge in [0.05, 0.1) is 12.1 Å². The predicted molar refractivity (Wildman–Crippen MR) is 63.2 cm³/mol. The number of carbonyl (C=O) groups is 2. The van der Waals surface area contributed by atoms with Crippen LogP contribution in [0.5, 0.6) is 0 Å². The zero-order valence-electron chi connectivity index (χ0n) is 10.3. The van der Waals surface area contributed by atoms with E-state index in [9.17, 15) is 22.8 Å². The Morgan fingerprint density at radius 1 is 1.15 bits per heavy atom. The van der Waals surface area contributed by atoms with E-state index >= 15 is 0 Å². The molecule has 2 aliphatic rings. The first kappa shape index (κ1) is 13.0. The summed E-state index contributed by atoms with van der Waals surface area (Å²) in [6, 6.07) is 0.129. The number of benzene rings is 1. The number of hydrogen-bond acceptors (Lipinski definition) is 3. The van der Waals surface area contributed by atoms with Gasteiger partial charge in [-0.1, -0.05) is 0 Å². The summed E-state index contributed by atoms with van der Waals surface area (Å²) in [7, 11) is 0. The van der Waals surface area contributed by atoms with Gasteiger partial charge in [0, 0.05) is 18.2 Å². The number of hydrogen-bond donors (Lipinski definition) is 1. The summed E-state index contributed by atoms with van der Waals surface area (Å²) < 4.78 is 39.7. The smallest absolute Gasteiger partial charge is 0.252 e. The van der Waals surface area contributed by atoms with Crippen molar-refractivity contribution < 1.29 is 22.8 Å². The molecule has 1 unspecified atom stereocenters. The fourth-order valence-corrected chi connectivity index (χ4v) is 2.33. The molecule has 1 atom stereocenters. The highest BCUT2D eigenvalue weighted by Crippen LogP contribution is 2.32. The van der Waals surface area contributed by atoms with Gasteiger partial charge in [0.15, 0.2) is 11.6 Å². The highest BCUT2D eigenvalue weighted by atomic mass is 19.2. The predicted octanol–water partition coefficient (Wildman–Crippen LogP) is 1.81. The monoisotopic (exact) mass is 284 g/mol. The van der Waals surface area contributed by atoms with Gasteiger partial charge in [-0.2, -0.15) is 0 Å². The SMILES string of the molecule is O=C1CC(Nc2cc(F)cc(F)c2F)C(=O)N1C1CC1. The molecule has 1 saturated heterocycles. The van der Waals surface area contributed by atoms with Gasteiger partial charge >= 0.3 is 0 Å². The van der Waals surface area contributed by atoms with Crippen molar-refractivity contribution in [3.05, 3.63) is 29.6 Å². The van der Waals surface area contributed by atoms with E-state index in [4.69, 9.17) is 0 Å². The maximum Gasteiger partial charge on any atom is 0.252 e. The van der Waals surface area contributed by atoms with Crippen molar-refractivity contribution in [3.63, 3.8) is 0 Å². The summed E-state index contributed by atoms with van der Waals surface area (Å²) in [6.45, 7) is 0. The number of likely N-dealkylation sites (tertiary alicyclic amines) is 1. The molecule has 4 nitrogen and oxygen atoms in total. The molecule has 3 rings (SSSR count). The van der Waals surface area contributed by atoms with Crippen LogP contribution in [-0.4, -0.2) is 28.8 Å². The second-order valence-electron chi connectivity index (χ2n) is 4.98. The minimum atomic E-state index is -1.34. The van der Waals surface area contributed by atoms with Crippen molar-refractivity contribution in [2.24, 2.45) is 0 Å². The molecule has 0 aromatic heterocycles. The third kappa shape index (κ3) is 2.13. The Kier molecular flexibility index (Phi) is 2.92. The Labute approximate surface area is 112 Å². The zero-order valence-corrected chi connectivity index (χ0v) is 10.3. The van der Waals surface area contributed by atoms with Gasteiger partial charge < -0.3 is 5.32 Å². The van der Waals surface area contributed by atoms with Gasteiger partial charge in [-0.15, -0.1) is 0 Å². The van der Waals surface area contributed by atoms with Gasteiger partial charge in [-0.05, 0) is 12.8 Å². The molecule has 106 valence electrons. The first-order chi connectivity index (χ1) is 9.47. The van der Waals surface area contributed by atoms with Crippen LogP contribution in [-0.2, 0) is 9.59 Å². The number of halogens is 3. The third-order valence-electron chi connectivity index (χ3n) is 3.42. The molecule has 1 aliphatic carbocycles. The first-order valence-electron chi connectivity index (χ1n) is 6.24. The molecule has 1 aromatic rings. The lowest BCUT2D eigenvalue weighted by Crippen LogP contribution is -2.36. The lowest BCUT2D eigenvalue weighted by Gasteiger charge is -2.15. The fraction of sp³-hybridized carbons (Fsp3) is 0.385. The average molecular weight is 284 g/mol. The molecule has 0 spiro atoms. The summed E-state index contributed by atoms with van der Waals surface area (Å²) in [6.07, 6.45) is 1.41. The summed E-state index contributed by atoms with van der Waals surface area (Å²) in [4.78, 5) is 24.9. The Balaban J connectivity index is 1.82. The summed E-state index contributed by atoms with van der Waals surface area (Å²) in [5, 5.41) is 2.42. The Bertz CT molecular complexity index is 602. The van der Waals surface area contributed by atoms with Crippen LogP contribution in [0.2, 0.25) is 0 Å². The highest BCUT2D eigenvalue weighted by molar-refractivity contribution is 6.07. The average Bonchev–Trinajstić information content (AvgIpc) is 3.15. The molecule has 7 heteroatoms. The van der Waals surface area contributed by atoms with Gasteiger partial charge in [-0.3, -0.25) is 14.5 Å². The number of anilines is 1. The van der Waals surface area contributed by atoms with E-state index in [0.717, 1.165) is 23.8 Å². The number of amides is 2. The fourth-order valence-electron chi connectivity index (χ4n) is 2.33. The Morgan fingerprint density at radius 3 is 2.50 bits per heavy atom. The standard InChI is InChI=1S/C13H11F3N2O2/c14-6-3-8(15)12(16)9(4-6)17-10-5-11(19)18(13(10)20)7-1-2-7/h3-4,7,10,17H,1-2,5H2. The number of nitrogens with zero attached hydrogens (tertiary/aromatic N) is 1. The topological polar surface area (TPSA) is 49.4 Å². The van der Waals surface area contributed by atoms with Crippen LogP contribution in [0.15, 0.2) is 12.1 Å². The van der Waals surface area contributed by atoms with E-state index in [-0.39, 0.29) is 18.4 Å². The molecular weight excluding hydrogens is 273 g/mol. The second kappa shape index (κ2) is 4.50. The van der Waals surface area contributed by atoms with Crippen LogP contribution in [0.3, 0.4) is 0 Å². The molecular formula is C13H11F3N2O2. The first-order valence-corrected chi connectivity index (χ1v) is 6.24. The van der Waals surface area contributed by atoms with E-state index in [1.807, 2.05) is 0 Å². The summed E-state index contributed by atoms with van der Waals surface area (Å²) >= 11 is 0. The van der Waals surface area contributed by atoms with Gasteiger partial charge in [0.25, 0.3) is 5.91 Å². The summed E-state index contributed by atoms with van der Waals surface area (Å²) in [5.41, 5.74) is -0.453. The van der Waals surface area contributed by atoms with E-state index in [2.05, 4.69) is 5.32 Å². The molecule has 1 heterocycles. The maximum absolute atomic E-state index is 13.5. The van der Waals surface area contributed by atoms with Crippen molar-refractivity contribution >= 4 is 17.5 Å². The maximum atomic E-state index is 13.5. The quantitative estimate of drug-likeness (QED) is 0.680. The molecule has 1 saturated carbocycles. The highest BCUT2D eigenvalue weighted by Gasteiger charge is 2.46. The lowest BCUT2D eigenvalue weighted by atomic mass is 10.2. The third-order valence-corrected chi connectivity index (χ3v) is 3.42. The van der Waals surface area contributed by atoms with Crippen molar-refractivity contribution in [1.29, 1.82) is 0 Å². The number of nitrogens with one attached hydrogen (secondary N) is 1. The molecule has 1 aliphatic heterocycles. The van der Waals surface area contributed by atoms with Crippen LogP contribution in [0.4, 0.5) is 18.9 Å². The van der Waals surface area contributed by atoms with E-state index < -0.39 is 35.1 Å². The molecule has 2 amide bonds. The Hall–Kier alpha value is -2.05. The van der Waals surface area contributed by atoms with Crippen LogP contribution in [0.25, 0.3) is 0 Å². The molecule has 1 aromatic carbocycles. The van der Waals surface area contributed by atoms with Gasteiger partial charge in [-0.25, -0.2) is 13.2 Å². The van der Waals surface area contributed by atoms with E-state index in [1.165, 1.54) is 0 Å². The number of carbonyl (C=O) groups excluding carboxylic acids is 2. The van der Waals surface area contributed by atoms with Crippen molar-refractivity contribution in [2.75, 3.05) is 5.32 Å². The minimum absolute atomic E-state index is 0.0732. The number of imide groups is 1. The molecule has 0 bridgehead atoms. The van der Waals surface area contributed by atoms with Crippen LogP contribution in [0, 0.1) is 17.5 Å². The molecule has 0 radical (unpaired) electrons. The molecule has 1 N–H and O–H groups in total. The zero-order chi connectivity index (χ0) is 14.4. The molecule has 2 fully saturated rings. The number of rotatable bonds is 3. The molecule has 20 heavy (non-hydrogen) atoms. The van der Waals surface area contributed by atoms with E-state index in [1.54, 1.807) is 0 Å². The normalized spacial score (nSPS) is 22.6. The van der Waals surface area contributed by atoms with Crippen molar-refractivity contribution in [3.8, 4) is 0 Å². The van der Waals surface area contributed by atoms with Gasteiger partial charge in [0.2, 0.25) is 5.91 Å². The largest absolute Gasteiger partial charge is 0.371 e. The van der Waals surface area contributed by atoms with Gasteiger partial charge in [0.1, 0.15) is 11.9 Å². The van der Waals surface area contributed by atoms with Crippen molar-refractivity contribution in [2.45, 2.75) is 31.3 Å². The van der Waals surface area contributed by atoms with Crippen LogP contribution in [0.1, 0.15) is 19.3 Å². The van der Waals surface area contributed by atoms with E-state index in [0.29, 0.717) is 6.07 Å². The van der Waals surface area contributed by atoms with Crippen LogP contribution >= 0.6 is 0 Å². The second-order valence-corrected chi connectivity index (χ2v) is 4.98. The lowest BCUT2D eigenvalue weighted by molar-refractivity contribution is -0.139. The summed E-state index contributed by atoms with van der Waals surface area (Å²) in [5.74, 6) is -4.38.